The number of hydrogen-bond donors (Lipinski definition) is 1. The summed E-state index contributed by atoms with van der Waals surface area (Å²) < 4.78 is 5.39. The van der Waals surface area contributed by atoms with Crippen LogP contribution in [0.4, 0.5) is 11.4 Å². The van der Waals surface area contributed by atoms with E-state index in [4.69, 9.17) is 10.2 Å². The third-order valence-electron chi connectivity index (χ3n) is 3.59. The molecule has 0 aliphatic carbocycles. The molecule has 4 heteroatoms. The molecule has 4 nitrogen and oxygen atoms in total. The van der Waals surface area contributed by atoms with Crippen LogP contribution in [0.15, 0.2) is 47.1 Å². The molecule has 2 N–H and O–H groups in total. The molecule has 1 fully saturated rings. The molecule has 19 heavy (non-hydrogen) atoms. The highest BCUT2D eigenvalue weighted by molar-refractivity contribution is 5.53. The molecular weight excluding hydrogens is 238 g/mol. The van der Waals surface area contributed by atoms with E-state index in [1.807, 2.05) is 24.3 Å². The summed E-state index contributed by atoms with van der Waals surface area (Å²) in [5.41, 5.74) is 7.79. The van der Waals surface area contributed by atoms with Crippen molar-refractivity contribution in [2.24, 2.45) is 0 Å². The van der Waals surface area contributed by atoms with E-state index in [1.165, 1.54) is 5.69 Å². The van der Waals surface area contributed by atoms with Crippen LogP contribution >= 0.6 is 0 Å². The van der Waals surface area contributed by atoms with Crippen LogP contribution in [0.5, 0.6) is 0 Å². The molecule has 1 saturated heterocycles. The molecular formula is C15H19N3O. The Hall–Kier alpha value is -1.94. The van der Waals surface area contributed by atoms with Gasteiger partial charge in [-0.3, -0.25) is 4.90 Å². The van der Waals surface area contributed by atoms with E-state index in [1.54, 1.807) is 6.26 Å². The predicted molar refractivity (Wildman–Crippen MR) is 77.1 cm³/mol. The summed E-state index contributed by atoms with van der Waals surface area (Å²) in [4.78, 5) is 4.82. The van der Waals surface area contributed by atoms with Crippen molar-refractivity contribution in [2.45, 2.75) is 6.54 Å². The van der Waals surface area contributed by atoms with Crippen LogP contribution in [0.1, 0.15) is 5.76 Å². The molecule has 1 aliphatic rings. The number of nitrogen functional groups attached to an aromatic ring is 1. The minimum absolute atomic E-state index is 0.820. The molecule has 100 valence electrons. The molecule has 0 saturated carbocycles. The Labute approximate surface area is 113 Å². The summed E-state index contributed by atoms with van der Waals surface area (Å²) in [6, 6.07) is 12.1. The van der Waals surface area contributed by atoms with E-state index in [9.17, 15) is 0 Å². The van der Waals surface area contributed by atoms with Crippen molar-refractivity contribution in [3.05, 3.63) is 48.4 Å². The standard InChI is InChI=1S/C15H19N3O/c16-13-3-5-14(6-4-13)18-9-7-17(8-10-18)12-15-2-1-11-19-15/h1-6,11H,7-10,12,16H2. The normalized spacial score (nSPS) is 16.7. The minimum atomic E-state index is 0.820. The first kappa shape index (κ1) is 12.1. The molecule has 1 aromatic carbocycles. The Bertz CT molecular complexity index is 499. The fourth-order valence-corrected chi connectivity index (χ4v) is 2.47. The molecule has 0 radical (unpaired) electrons. The highest BCUT2D eigenvalue weighted by Crippen LogP contribution is 2.18. The van der Waals surface area contributed by atoms with E-state index >= 15 is 0 Å². The van der Waals surface area contributed by atoms with Gasteiger partial charge in [0, 0.05) is 37.6 Å². The van der Waals surface area contributed by atoms with Crippen LogP contribution in [0.25, 0.3) is 0 Å². The van der Waals surface area contributed by atoms with Crippen molar-refractivity contribution in [1.82, 2.24) is 4.90 Å². The van der Waals surface area contributed by atoms with Gasteiger partial charge >= 0.3 is 0 Å². The molecule has 0 bridgehead atoms. The molecule has 2 heterocycles. The first-order valence-electron chi connectivity index (χ1n) is 6.66. The lowest BCUT2D eigenvalue weighted by Gasteiger charge is -2.35. The van der Waals surface area contributed by atoms with Crippen LogP contribution in [0.2, 0.25) is 0 Å². The highest BCUT2D eigenvalue weighted by atomic mass is 16.3. The lowest BCUT2D eigenvalue weighted by molar-refractivity contribution is 0.230. The Morgan fingerprint density at radius 3 is 2.37 bits per heavy atom. The minimum Gasteiger partial charge on any atom is -0.468 e. The molecule has 2 aromatic rings. The first-order valence-corrected chi connectivity index (χ1v) is 6.66. The van der Waals surface area contributed by atoms with Crippen LogP contribution < -0.4 is 10.6 Å². The first-order chi connectivity index (χ1) is 9.31. The summed E-state index contributed by atoms with van der Waals surface area (Å²) in [5.74, 6) is 1.04. The Morgan fingerprint density at radius 1 is 1.00 bits per heavy atom. The van der Waals surface area contributed by atoms with Crippen molar-refractivity contribution in [3.8, 4) is 0 Å². The lowest BCUT2D eigenvalue weighted by atomic mass is 10.2. The Kier molecular flexibility index (Phi) is 3.42. The largest absolute Gasteiger partial charge is 0.468 e. The molecule has 0 amide bonds. The second-order valence-electron chi connectivity index (χ2n) is 4.93. The number of piperazine rings is 1. The fourth-order valence-electron chi connectivity index (χ4n) is 2.47. The number of nitrogens with two attached hydrogens (primary N) is 1. The number of benzene rings is 1. The number of furan rings is 1. The summed E-state index contributed by atoms with van der Waals surface area (Å²) in [6.45, 7) is 5.12. The molecule has 0 spiro atoms. The Morgan fingerprint density at radius 2 is 1.74 bits per heavy atom. The van der Waals surface area contributed by atoms with Crippen LogP contribution in [0, 0.1) is 0 Å². The van der Waals surface area contributed by atoms with E-state index in [0.29, 0.717) is 0 Å². The highest BCUT2D eigenvalue weighted by Gasteiger charge is 2.17. The summed E-state index contributed by atoms with van der Waals surface area (Å²) in [7, 11) is 0. The van der Waals surface area contributed by atoms with Gasteiger partial charge in [-0.15, -0.1) is 0 Å². The average Bonchev–Trinajstić information content (AvgIpc) is 2.94. The maximum atomic E-state index is 5.72. The van der Waals surface area contributed by atoms with Crippen LogP contribution in [0.3, 0.4) is 0 Å². The van der Waals surface area contributed by atoms with Crippen molar-refractivity contribution in [1.29, 1.82) is 0 Å². The average molecular weight is 257 g/mol. The van der Waals surface area contributed by atoms with Crippen LogP contribution in [-0.2, 0) is 6.54 Å². The zero-order valence-electron chi connectivity index (χ0n) is 11.0. The van der Waals surface area contributed by atoms with Crippen molar-refractivity contribution >= 4 is 11.4 Å². The van der Waals surface area contributed by atoms with Gasteiger partial charge in [-0.1, -0.05) is 0 Å². The molecule has 0 atom stereocenters. The zero-order valence-corrected chi connectivity index (χ0v) is 11.0. The maximum Gasteiger partial charge on any atom is 0.117 e. The van der Waals surface area contributed by atoms with Gasteiger partial charge in [0.15, 0.2) is 0 Å². The quantitative estimate of drug-likeness (QED) is 0.856. The molecule has 3 rings (SSSR count). The zero-order chi connectivity index (χ0) is 13.1. The van der Waals surface area contributed by atoms with Gasteiger partial charge in [0.05, 0.1) is 12.8 Å². The van der Waals surface area contributed by atoms with E-state index in [2.05, 4.69) is 21.9 Å². The number of rotatable bonds is 3. The van der Waals surface area contributed by atoms with Gasteiger partial charge < -0.3 is 15.1 Å². The third-order valence-corrected chi connectivity index (χ3v) is 3.59. The van der Waals surface area contributed by atoms with Gasteiger partial charge in [0.2, 0.25) is 0 Å². The SMILES string of the molecule is Nc1ccc(N2CCN(Cc3ccco3)CC2)cc1. The number of hydrogen-bond acceptors (Lipinski definition) is 4. The van der Waals surface area contributed by atoms with Crippen molar-refractivity contribution < 1.29 is 4.42 Å². The molecule has 1 aromatic heterocycles. The molecule has 1 aliphatic heterocycles. The lowest BCUT2D eigenvalue weighted by Crippen LogP contribution is -2.45. The third kappa shape index (κ3) is 2.90. The summed E-state index contributed by atoms with van der Waals surface area (Å²) >= 11 is 0. The smallest absolute Gasteiger partial charge is 0.117 e. The number of anilines is 2. The van der Waals surface area contributed by atoms with Gasteiger partial charge in [0.25, 0.3) is 0 Å². The van der Waals surface area contributed by atoms with E-state index in [0.717, 1.165) is 44.2 Å². The van der Waals surface area contributed by atoms with Gasteiger partial charge in [-0.25, -0.2) is 0 Å². The van der Waals surface area contributed by atoms with Crippen LogP contribution in [-0.4, -0.2) is 31.1 Å². The monoisotopic (exact) mass is 257 g/mol. The topological polar surface area (TPSA) is 45.6 Å². The van der Waals surface area contributed by atoms with Crippen molar-refractivity contribution in [2.75, 3.05) is 36.8 Å². The van der Waals surface area contributed by atoms with E-state index < -0.39 is 0 Å². The van der Waals surface area contributed by atoms with Gasteiger partial charge in [-0.05, 0) is 36.4 Å². The van der Waals surface area contributed by atoms with Gasteiger partial charge in [-0.2, -0.15) is 0 Å². The van der Waals surface area contributed by atoms with Gasteiger partial charge in [0.1, 0.15) is 5.76 Å². The van der Waals surface area contributed by atoms with Crippen molar-refractivity contribution in [3.63, 3.8) is 0 Å². The molecule has 0 unspecified atom stereocenters. The predicted octanol–water partition coefficient (Wildman–Crippen LogP) is 2.18. The van der Waals surface area contributed by atoms with E-state index in [-0.39, 0.29) is 0 Å². The fraction of sp³-hybridized carbons (Fsp3) is 0.333. The summed E-state index contributed by atoms with van der Waals surface area (Å²) in [5, 5.41) is 0. The second-order valence-corrected chi connectivity index (χ2v) is 4.93. The Balaban J connectivity index is 1.56. The maximum absolute atomic E-state index is 5.72. The second kappa shape index (κ2) is 5.36. The summed E-state index contributed by atoms with van der Waals surface area (Å²) in [6.07, 6.45) is 1.74. The number of nitrogens with zero attached hydrogens (tertiary/aromatic N) is 2.